The normalized spacial score (nSPS) is 11.7. The van der Waals surface area contributed by atoms with Crippen molar-refractivity contribution in [3.8, 4) is 16.9 Å². The van der Waals surface area contributed by atoms with Crippen molar-refractivity contribution in [2.75, 3.05) is 0 Å². The fourth-order valence-electron chi connectivity index (χ4n) is 3.07. The van der Waals surface area contributed by atoms with E-state index in [0.717, 1.165) is 28.5 Å². The number of alkyl halides is 3. The van der Waals surface area contributed by atoms with Crippen LogP contribution >= 0.6 is 0 Å². The lowest BCUT2D eigenvalue weighted by atomic mass is 10.0. The molecular formula is C21H13F3N2O. The topological polar surface area (TPSA) is 34.9 Å². The van der Waals surface area contributed by atoms with E-state index in [0.29, 0.717) is 17.5 Å². The Labute approximate surface area is 152 Å². The summed E-state index contributed by atoms with van der Waals surface area (Å²) in [6, 6.07) is 18.2. The Bertz CT molecular complexity index is 1140. The molecule has 6 heteroatoms. The minimum Gasteiger partial charge on any atom is -0.298 e. The number of carbonyl (C=O) groups is 1. The van der Waals surface area contributed by atoms with Crippen molar-refractivity contribution in [2.24, 2.45) is 0 Å². The molecule has 1 aromatic heterocycles. The molecular weight excluding hydrogens is 353 g/mol. The predicted octanol–water partition coefficient (Wildman–Crippen LogP) is 5.52. The summed E-state index contributed by atoms with van der Waals surface area (Å²) in [7, 11) is 0. The van der Waals surface area contributed by atoms with Crippen LogP contribution in [0.5, 0.6) is 0 Å². The summed E-state index contributed by atoms with van der Waals surface area (Å²) >= 11 is 0. The van der Waals surface area contributed by atoms with E-state index in [1.807, 2.05) is 42.5 Å². The molecule has 3 aromatic carbocycles. The molecule has 0 fully saturated rings. The Balaban J connectivity index is 1.88. The number of aromatic nitrogens is 2. The highest BCUT2D eigenvalue weighted by Gasteiger charge is 2.30. The summed E-state index contributed by atoms with van der Waals surface area (Å²) in [4.78, 5) is 11.6. The van der Waals surface area contributed by atoms with Gasteiger partial charge in [-0.2, -0.15) is 18.3 Å². The van der Waals surface area contributed by atoms with Crippen LogP contribution in [-0.2, 0) is 6.18 Å². The van der Waals surface area contributed by atoms with Gasteiger partial charge in [-0.1, -0.05) is 48.5 Å². The summed E-state index contributed by atoms with van der Waals surface area (Å²) in [5, 5.41) is 6.31. The van der Waals surface area contributed by atoms with Crippen LogP contribution in [0.2, 0.25) is 0 Å². The fourth-order valence-corrected chi connectivity index (χ4v) is 3.07. The maximum Gasteiger partial charge on any atom is 0.416 e. The summed E-state index contributed by atoms with van der Waals surface area (Å²) in [6.07, 6.45) is -2.34. The molecule has 0 spiro atoms. The molecule has 4 aromatic rings. The quantitative estimate of drug-likeness (QED) is 0.447. The van der Waals surface area contributed by atoms with E-state index < -0.39 is 11.7 Å². The van der Waals surface area contributed by atoms with Gasteiger partial charge in [0.05, 0.1) is 16.8 Å². The van der Waals surface area contributed by atoms with Gasteiger partial charge in [0.1, 0.15) is 5.69 Å². The first-order valence-corrected chi connectivity index (χ1v) is 8.18. The average Bonchev–Trinajstić information content (AvgIpc) is 3.11. The summed E-state index contributed by atoms with van der Waals surface area (Å²) in [6.45, 7) is 0. The Hall–Kier alpha value is -3.41. The van der Waals surface area contributed by atoms with E-state index in [1.165, 1.54) is 23.0 Å². The number of fused-ring (bicyclic) bond motifs is 1. The largest absolute Gasteiger partial charge is 0.416 e. The second kappa shape index (κ2) is 6.39. The van der Waals surface area contributed by atoms with Crippen molar-refractivity contribution in [3.63, 3.8) is 0 Å². The number of benzene rings is 3. The minimum absolute atomic E-state index is 0.236. The van der Waals surface area contributed by atoms with Crippen LogP contribution in [0.15, 0.2) is 72.9 Å². The van der Waals surface area contributed by atoms with Crippen LogP contribution in [0.3, 0.4) is 0 Å². The summed E-state index contributed by atoms with van der Waals surface area (Å²) < 4.78 is 40.3. The molecule has 27 heavy (non-hydrogen) atoms. The second-order valence-corrected chi connectivity index (χ2v) is 6.07. The number of rotatable bonds is 3. The zero-order chi connectivity index (χ0) is 19.0. The highest BCUT2D eigenvalue weighted by molar-refractivity contribution is 5.99. The van der Waals surface area contributed by atoms with Gasteiger partial charge in [0, 0.05) is 11.8 Å². The third-order valence-electron chi connectivity index (χ3n) is 4.35. The molecule has 0 aliphatic carbocycles. The van der Waals surface area contributed by atoms with Gasteiger partial charge in [-0.05, 0) is 29.0 Å². The molecule has 4 rings (SSSR count). The molecule has 1 heterocycles. The third kappa shape index (κ3) is 3.10. The molecule has 0 aliphatic rings. The van der Waals surface area contributed by atoms with Crippen molar-refractivity contribution >= 4 is 17.1 Å². The Morgan fingerprint density at radius 3 is 2.44 bits per heavy atom. The number of carbonyl (C=O) groups excluding carboxylic acids is 1. The van der Waals surface area contributed by atoms with Gasteiger partial charge in [-0.3, -0.25) is 4.79 Å². The van der Waals surface area contributed by atoms with E-state index in [-0.39, 0.29) is 5.69 Å². The number of aldehydes is 1. The van der Waals surface area contributed by atoms with Crippen molar-refractivity contribution in [1.82, 2.24) is 9.78 Å². The predicted molar refractivity (Wildman–Crippen MR) is 96.9 cm³/mol. The first-order chi connectivity index (χ1) is 13.0. The minimum atomic E-state index is -4.45. The molecule has 0 unspecified atom stereocenters. The first kappa shape index (κ1) is 17.0. The van der Waals surface area contributed by atoms with Crippen LogP contribution in [0.4, 0.5) is 13.2 Å². The smallest absolute Gasteiger partial charge is 0.298 e. The molecule has 0 bridgehead atoms. The highest BCUT2D eigenvalue weighted by atomic mass is 19.4. The van der Waals surface area contributed by atoms with E-state index in [1.54, 1.807) is 0 Å². The third-order valence-corrected chi connectivity index (χ3v) is 4.35. The van der Waals surface area contributed by atoms with Gasteiger partial charge in [-0.15, -0.1) is 0 Å². The van der Waals surface area contributed by atoms with Crippen molar-refractivity contribution in [2.45, 2.75) is 6.18 Å². The summed E-state index contributed by atoms with van der Waals surface area (Å²) in [5.41, 5.74) is 0.957. The van der Waals surface area contributed by atoms with Gasteiger partial charge in [0.15, 0.2) is 6.29 Å². The van der Waals surface area contributed by atoms with Crippen LogP contribution < -0.4 is 0 Å². The van der Waals surface area contributed by atoms with Crippen LogP contribution in [-0.4, -0.2) is 16.1 Å². The van der Waals surface area contributed by atoms with E-state index >= 15 is 0 Å². The standard InChI is InChI=1S/C21H13F3N2O/c22-21(23,24)16-7-4-8-17(11-16)26-12-15(13-27)20(25-26)19-10-3-6-14-5-1-2-9-18(14)19/h1-13H. The van der Waals surface area contributed by atoms with Crippen LogP contribution in [0.25, 0.3) is 27.7 Å². The van der Waals surface area contributed by atoms with Gasteiger partial charge >= 0.3 is 6.18 Å². The maximum atomic E-state index is 13.0. The van der Waals surface area contributed by atoms with Crippen molar-refractivity contribution < 1.29 is 18.0 Å². The van der Waals surface area contributed by atoms with Gasteiger partial charge < -0.3 is 0 Å². The molecule has 134 valence electrons. The van der Waals surface area contributed by atoms with Gasteiger partial charge in [0.25, 0.3) is 0 Å². The highest BCUT2D eigenvalue weighted by Crippen LogP contribution is 2.32. The number of halogens is 3. The van der Waals surface area contributed by atoms with E-state index in [4.69, 9.17) is 0 Å². The SMILES string of the molecule is O=Cc1cn(-c2cccc(C(F)(F)F)c2)nc1-c1cccc2ccccc12. The molecule has 3 nitrogen and oxygen atoms in total. The Morgan fingerprint density at radius 2 is 1.67 bits per heavy atom. The number of nitrogens with zero attached hydrogens (tertiary/aromatic N) is 2. The lowest BCUT2D eigenvalue weighted by molar-refractivity contribution is -0.137. The Morgan fingerprint density at radius 1 is 0.926 bits per heavy atom. The van der Waals surface area contributed by atoms with Crippen molar-refractivity contribution in [3.05, 3.63) is 84.1 Å². The lowest BCUT2D eigenvalue weighted by Crippen LogP contribution is -2.06. The number of hydrogen-bond donors (Lipinski definition) is 0. The molecule has 0 atom stereocenters. The molecule has 0 saturated heterocycles. The molecule has 0 saturated carbocycles. The molecule has 0 radical (unpaired) electrons. The van der Waals surface area contributed by atoms with Gasteiger partial charge in [-0.25, -0.2) is 4.68 Å². The van der Waals surface area contributed by atoms with Crippen molar-refractivity contribution in [1.29, 1.82) is 0 Å². The average molecular weight is 366 g/mol. The maximum absolute atomic E-state index is 13.0. The van der Waals surface area contributed by atoms with Crippen LogP contribution in [0.1, 0.15) is 15.9 Å². The number of hydrogen-bond acceptors (Lipinski definition) is 2. The Kier molecular flexibility index (Phi) is 4.03. The molecule has 0 amide bonds. The van der Waals surface area contributed by atoms with E-state index in [9.17, 15) is 18.0 Å². The monoisotopic (exact) mass is 366 g/mol. The first-order valence-electron chi connectivity index (χ1n) is 8.18. The van der Waals surface area contributed by atoms with E-state index in [2.05, 4.69) is 5.10 Å². The zero-order valence-corrected chi connectivity index (χ0v) is 13.9. The zero-order valence-electron chi connectivity index (χ0n) is 13.9. The molecule has 0 aliphatic heterocycles. The second-order valence-electron chi connectivity index (χ2n) is 6.07. The molecule has 0 N–H and O–H groups in total. The van der Waals surface area contributed by atoms with Crippen LogP contribution in [0, 0.1) is 0 Å². The fraction of sp³-hybridized carbons (Fsp3) is 0.0476. The lowest BCUT2D eigenvalue weighted by Gasteiger charge is -2.08. The summed E-state index contributed by atoms with van der Waals surface area (Å²) in [5.74, 6) is 0. The van der Waals surface area contributed by atoms with Gasteiger partial charge in [0.2, 0.25) is 0 Å².